The first-order valence-corrected chi connectivity index (χ1v) is 7.20. The van der Waals surface area contributed by atoms with Gasteiger partial charge in [0.1, 0.15) is 0 Å². The van der Waals surface area contributed by atoms with Crippen molar-refractivity contribution in [1.82, 2.24) is 5.32 Å². The third-order valence-electron chi connectivity index (χ3n) is 4.23. The van der Waals surface area contributed by atoms with E-state index in [0.717, 1.165) is 17.9 Å². The van der Waals surface area contributed by atoms with E-state index in [-0.39, 0.29) is 0 Å². The molecule has 0 amide bonds. The zero-order valence-electron chi connectivity index (χ0n) is 12.0. The predicted octanol–water partition coefficient (Wildman–Crippen LogP) is 4.23. The molecule has 0 heterocycles. The Labute approximate surface area is 102 Å². The van der Waals surface area contributed by atoms with Crippen molar-refractivity contribution in [2.75, 3.05) is 6.54 Å². The van der Waals surface area contributed by atoms with Crippen LogP contribution >= 0.6 is 0 Å². The molecule has 96 valence electrons. The molecule has 0 spiro atoms. The molecule has 16 heavy (non-hydrogen) atoms. The minimum Gasteiger partial charge on any atom is -0.314 e. The van der Waals surface area contributed by atoms with Crippen LogP contribution in [0.25, 0.3) is 0 Å². The van der Waals surface area contributed by atoms with Crippen LogP contribution < -0.4 is 5.32 Å². The molecule has 0 bridgehead atoms. The van der Waals surface area contributed by atoms with E-state index in [0.29, 0.717) is 5.41 Å². The first-order valence-electron chi connectivity index (χ1n) is 7.20. The third-order valence-corrected chi connectivity index (χ3v) is 4.23. The molecule has 0 saturated heterocycles. The average Bonchev–Trinajstić information content (AvgIpc) is 3.00. The molecule has 1 saturated carbocycles. The van der Waals surface area contributed by atoms with Crippen LogP contribution in [-0.2, 0) is 0 Å². The lowest BCUT2D eigenvalue weighted by Gasteiger charge is -2.33. The summed E-state index contributed by atoms with van der Waals surface area (Å²) in [4.78, 5) is 0. The van der Waals surface area contributed by atoms with E-state index in [1.165, 1.54) is 38.6 Å². The standard InChI is InChI=1S/C15H31N/c1-6-12(7-2)10-13(15(3,4)5)11-16-14-8-9-14/h12-14,16H,6-11H2,1-5H3. The maximum atomic E-state index is 3.72. The van der Waals surface area contributed by atoms with Gasteiger partial charge in [-0.1, -0.05) is 47.5 Å². The normalized spacial score (nSPS) is 19.1. The lowest BCUT2D eigenvalue weighted by Crippen LogP contribution is -2.34. The Morgan fingerprint density at radius 3 is 2.06 bits per heavy atom. The number of hydrogen-bond donors (Lipinski definition) is 1. The fourth-order valence-corrected chi connectivity index (χ4v) is 2.36. The van der Waals surface area contributed by atoms with Crippen LogP contribution in [0.5, 0.6) is 0 Å². The largest absolute Gasteiger partial charge is 0.314 e. The second-order valence-corrected chi connectivity index (χ2v) is 6.66. The summed E-state index contributed by atoms with van der Waals surface area (Å²) in [6.45, 7) is 13.1. The molecule has 1 heteroatoms. The average molecular weight is 225 g/mol. The van der Waals surface area contributed by atoms with Gasteiger partial charge in [0.2, 0.25) is 0 Å². The first kappa shape index (κ1) is 14.0. The minimum absolute atomic E-state index is 0.449. The summed E-state index contributed by atoms with van der Waals surface area (Å²) in [6.07, 6.45) is 6.89. The summed E-state index contributed by atoms with van der Waals surface area (Å²) >= 11 is 0. The maximum Gasteiger partial charge on any atom is 0.00683 e. The first-order chi connectivity index (χ1) is 7.47. The monoisotopic (exact) mass is 225 g/mol. The van der Waals surface area contributed by atoms with Gasteiger partial charge >= 0.3 is 0 Å². The van der Waals surface area contributed by atoms with Crippen molar-refractivity contribution in [3.63, 3.8) is 0 Å². The fraction of sp³-hybridized carbons (Fsp3) is 1.00. The van der Waals surface area contributed by atoms with E-state index in [2.05, 4.69) is 39.9 Å². The Morgan fingerprint density at radius 1 is 1.12 bits per heavy atom. The summed E-state index contributed by atoms with van der Waals surface area (Å²) < 4.78 is 0. The molecule has 1 atom stereocenters. The predicted molar refractivity (Wildman–Crippen MR) is 72.7 cm³/mol. The van der Waals surface area contributed by atoms with Crippen molar-refractivity contribution in [3.8, 4) is 0 Å². The summed E-state index contributed by atoms with van der Waals surface area (Å²) in [5.74, 6) is 1.75. The van der Waals surface area contributed by atoms with Crippen LogP contribution in [0.15, 0.2) is 0 Å². The van der Waals surface area contributed by atoms with E-state index in [9.17, 15) is 0 Å². The molecule has 1 nitrogen and oxygen atoms in total. The molecule has 1 fully saturated rings. The summed E-state index contributed by atoms with van der Waals surface area (Å²) in [7, 11) is 0. The van der Waals surface area contributed by atoms with Gasteiger partial charge in [0.15, 0.2) is 0 Å². The smallest absolute Gasteiger partial charge is 0.00683 e. The third kappa shape index (κ3) is 4.86. The van der Waals surface area contributed by atoms with Crippen LogP contribution in [-0.4, -0.2) is 12.6 Å². The van der Waals surface area contributed by atoms with Crippen LogP contribution in [0.4, 0.5) is 0 Å². The fourth-order valence-electron chi connectivity index (χ4n) is 2.36. The molecule has 0 aliphatic heterocycles. The van der Waals surface area contributed by atoms with Crippen molar-refractivity contribution in [1.29, 1.82) is 0 Å². The van der Waals surface area contributed by atoms with Gasteiger partial charge < -0.3 is 5.32 Å². The Balaban J connectivity index is 2.41. The number of nitrogens with one attached hydrogen (secondary N) is 1. The molecule has 0 aromatic heterocycles. The van der Waals surface area contributed by atoms with Gasteiger partial charge in [-0.15, -0.1) is 0 Å². The minimum atomic E-state index is 0.449. The maximum absolute atomic E-state index is 3.72. The number of hydrogen-bond acceptors (Lipinski definition) is 1. The van der Waals surface area contributed by atoms with E-state index in [4.69, 9.17) is 0 Å². The summed E-state index contributed by atoms with van der Waals surface area (Å²) in [6, 6.07) is 0.853. The SMILES string of the molecule is CCC(CC)CC(CNC1CC1)C(C)(C)C. The second-order valence-electron chi connectivity index (χ2n) is 6.66. The highest BCUT2D eigenvalue weighted by molar-refractivity contribution is 4.85. The van der Waals surface area contributed by atoms with Crippen molar-refractivity contribution in [2.45, 2.75) is 72.8 Å². The zero-order chi connectivity index (χ0) is 12.2. The van der Waals surface area contributed by atoms with E-state index in [1.54, 1.807) is 0 Å². The molecule has 0 aromatic carbocycles. The summed E-state index contributed by atoms with van der Waals surface area (Å²) in [5.41, 5.74) is 0.449. The molecule has 0 radical (unpaired) electrons. The van der Waals surface area contributed by atoms with Crippen molar-refractivity contribution in [3.05, 3.63) is 0 Å². The lowest BCUT2D eigenvalue weighted by atomic mass is 9.74. The van der Waals surface area contributed by atoms with Gasteiger partial charge in [0.25, 0.3) is 0 Å². The van der Waals surface area contributed by atoms with Gasteiger partial charge in [-0.05, 0) is 43.1 Å². The number of rotatable bonds is 7. The molecule has 1 rings (SSSR count). The van der Waals surface area contributed by atoms with E-state index < -0.39 is 0 Å². The molecular weight excluding hydrogens is 194 g/mol. The Morgan fingerprint density at radius 2 is 1.69 bits per heavy atom. The Kier molecular flexibility index (Phi) is 5.30. The van der Waals surface area contributed by atoms with Crippen LogP contribution in [0.3, 0.4) is 0 Å². The summed E-state index contributed by atoms with van der Waals surface area (Å²) in [5, 5.41) is 3.72. The Bertz CT molecular complexity index is 184. The molecule has 1 unspecified atom stereocenters. The van der Waals surface area contributed by atoms with Gasteiger partial charge in [0, 0.05) is 6.04 Å². The topological polar surface area (TPSA) is 12.0 Å². The van der Waals surface area contributed by atoms with Gasteiger partial charge in [0.05, 0.1) is 0 Å². The van der Waals surface area contributed by atoms with Crippen molar-refractivity contribution < 1.29 is 0 Å². The molecule has 1 aliphatic rings. The Hall–Kier alpha value is -0.0400. The highest BCUT2D eigenvalue weighted by Gasteiger charge is 2.29. The lowest BCUT2D eigenvalue weighted by molar-refractivity contribution is 0.185. The second kappa shape index (κ2) is 6.05. The van der Waals surface area contributed by atoms with Crippen molar-refractivity contribution >= 4 is 0 Å². The van der Waals surface area contributed by atoms with Crippen LogP contribution in [0.2, 0.25) is 0 Å². The zero-order valence-corrected chi connectivity index (χ0v) is 12.0. The van der Waals surface area contributed by atoms with Crippen LogP contribution in [0, 0.1) is 17.3 Å². The molecule has 1 N–H and O–H groups in total. The van der Waals surface area contributed by atoms with E-state index in [1.807, 2.05) is 0 Å². The van der Waals surface area contributed by atoms with E-state index >= 15 is 0 Å². The molecule has 0 aromatic rings. The van der Waals surface area contributed by atoms with Gasteiger partial charge in [-0.25, -0.2) is 0 Å². The van der Waals surface area contributed by atoms with Crippen molar-refractivity contribution in [2.24, 2.45) is 17.3 Å². The molecular formula is C15H31N. The highest BCUT2D eigenvalue weighted by Crippen LogP contribution is 2.33. The molecule has 1 aliphatic carbocycles. The quantitative estimate of drug-likeness (QED) is 0.684. The van der Waals surface area contributed by atoms with Gasteiger partial charge in [-0.3, -0.25) is 0 Å². The van der Waals surface area contributed by atoms with Gasteiger partial charge in [-0.2, -0.15) is 0 Å². The van der Waals surface area contributed by atoms with Crippen LogP contribution in [0.1, 0.15) is 66.7 Å². The highest BCUT2D eigenvalue weighted by atomic mass is 14.9.